The molecule has 0 radical (unpaired) electrons. The molecule has 1 fully saturated rings. The van der Waals surface area contributed by atoms with E-state index in [1.165, 1.54) is 6.07 Å². The molecule has 106 valence electrons. The molecule has 1 saturated heterocycles. The van der Waals surface area contributed by atoms with Crippen molar-refractivity contribution in [2.75, 3.05) is 26.3 Å². The molecule has 19 heavy (non-hydrogen) atoms. The molecule has 0 aromatic heterocycles. The Labute approximate surface area is 121 Å². The third-order valence-electron chi connectivity index (χ3n) is 3.40. The van der Waals surface area contributed by atoms with Crippen molar-refractivity contribution in [3.63, 3.8) is 0 Å². The van der Waals surface area contributed by atoms with Crippen LogP contribution >= 0.6 is 15.9 Å². The fraction of sp³-hybridized carbons (Fsp3) is 0.571. The summed E-state index contributed by atoms with van der Waals surface area (Å²) in [5.41, 5.74) is 0.981. The molecule has 2 rings (SSSR count). The van der Waals surface area contributed by atoms with Crippen LogP contribution in [-0.4, -0.2) is 42.4 Å². The number of nitrogens with zero attached hydrogens (tertiary/aromatic N) is 1. The maximum absolute atomic E-state index is 13.4. The number of likely N-dealkylation sites (tertiary alicyclic amines) is 1. The van der Waals surface area contributed by atoms with E-state index in [4.69, 9.17) is 9.84 Å². The zero-order valence-electron chi connectivity index (χ0n) is 10.8. The molecular weight excluding hydrogens is 313 g/mol. The van der Waals surface area contributed by atoms with Gasteiger partial charge in [-0.2, -0.15) is 0 Å². The molecule has 1 aromatic rings. The lowest BCUT2D eigenvalue weighted by Crippen LogP contribution is -2.37. The molecule has 0 saturated carbocycles. The van der Waals surface area contributed by atoms with Crippen LogP contribution in [0.15, 0.2) is 22.7 Å². The van der Waals surface area contributed by atoms with E-state index in [9.17, 15) is 4.39 Å². The van der Waals surface area contributed by atoms with Crippen molar-refractivity contribution in [1.29, 1.82) is 0 Å². The number of hydrogen-bond donors (Lipinski definition) is 1. The van der Waals surface area contributed by atoms with Gasteiger partial charge in [-0.3, -0.25) is 4.90 Å². The molecule has 1 aromatic carbocycles. The summed E-state index contributed by atoms with van der Waals surface area (Å²) in [7, 11) is 0. The van der Waals surface area contributed by atoms with Crippen molar-refractivity contribution < 1.29 is 14.2 Å². The number of aliphatic hydroxyl groups is 1. The minimum Gasteiger partial charge on any atom is -0.394 e. The van der Waals surface area contributed by atoms with Crippen LogP contribution in [0.4, 0.5) is 4.39 Å². The summed E-state index contributed by atoms with van der Waals surface area (Å²) in [4.78, 5) is 2.30. The molecule has 0 aliphatic carbocycles. The minimum absolute atomic E-state index is 0.0798. The van der Waals surface area contributed by atoms with Crippen LogP contribution in [0.25, 0.3) is 0 Å². The van der Waals surface area contributed by atoms with Crippen LogP contribution in [0.5, 0.6) is 0 Å². The molecule has 1 aliphatic rings. The zero-order chi connectivity index (χ0) is 13.7. The largest absolute Gasteiger partial charge is 0.394 e. The number of benzene rings is 1. The van der Waals surface area contributed by atoms with E-state index in [1.54, 1.807) is 6.07 Å². The van der Waals surface area contributed by atoms with Gasteiger partial charge in [0.2, 0.25) is 0 Å². The van der Waals surface area contributed by atoms with Gasteiger partial charge in [-0.25, -0.2) is 4.39 Å². The molecule has 0 amide bonds. The predicted octanol–water partition coefficient (Wildman–Crippen LogP) is 2.56. The van der Waals surface area contributed by atoms with Gasteiger partial charge < -0.3 is 9.84 Å². The van der Waals surface area contributed by atoms with E-state index >= 15 is 0 Å². The Kier molecular flexibility index (Phi) is 5.76. The lowest BCUT2D eigenvalue weighted by Gasteiger charge is -2.32. The summed E-state index contributed by atoms with van der Waals surface area (Å²) in [5, 5.41) is 8.72. The topological polar surface area (TPSA) is 32.7 Å². The molecule has 1 aliphatic heterocycles. The lowest BCUT2D eigenvalue weighted by molar-refractivity contribution is -0.00905. The zero-order valence-corrected chi connectivity index (χ0v) is 12.4. The molecule has 0 unspecified atom stereocenters. The van der Waals surface area contributed by atoms with Crippen LogP contribution < -0.4 is 0 Å². The summed E-state index contributed by atoms with van der Waals surface area (Å²) in [6.45, 7) is 3.14. The smallest absolute Gasteiger partial charge is 0.137 e. The van der Waals surface area contributed by atoms with Crippen molar-refractivity contribution in [1.82, 2.24) is 4.90 Å². The highest BCUT2D eigenvalue weighted by molar-refractivity contribution is 9.10. The highest BCUT2D eigenvalue weighted by atomic mass is 79.9. The molecule has 0 atom stereocenters. The highest BCUT2D eigenvalue weighted by Crippen LogP contribution is 2.23. The number of hydrogen-bond acceptors (Lipinski definition) is 3. The van der Waals surface area contributed by atoms with E-state index in [1.807, 2.05) is 6.07 Å². The second-order valence-corrected chi connectivity index (χ2v) is 5.58. The van der Waals surface area contributed by atoms with Crippen molar-refractivity contribution >= 4 is 15.9 Å². The summed E-state index contributed by atoms with van der Waals surface area (Å²) < 4.78 is 19.5. The first-order chi connectivity index (χ1) is 9.20. The van der Waals surface area contributed by atoms with Gasteiger partial charge in [-0.05, 0) is 40.4 Å². The van der Waals surface area contributed by atoms with Gasteiger partial charge in [-0.15, -0.1) is 0 Å². The van der Waals surface area contributed by atoms with Crippen molar-refractivity contribution in [2.24, 2.45) is 0 Å². The average molecular weight is 332 g/mol. The molecule has 1 heterocycles. The van der Waals surface area contributed by atoms with Crippen LogP contribution in [0.1, 0.15) is 18.4 Å². The maximum atomic E-state index is 13.4. The molecule has 0 bridgehead atoms. The normalized spacial score (nSPS) is 17.8. The SMILES string of the molecule is OCCOC1CCN(Cc2cccc(F)c2Br)CC1. The Morgan fingerprint density at radius 1 is 1.37 bits per heavy atom. The van der Waals surface area contributed by atoms with E-state index in [0.29, 0.717) is 11.1 Å². The number of aliphatic hydroxyl groups excluding tert-OH is 1. The fourth-order valence-electron chi connectivity index (χ4n) is 2.36. The highest BCUT2D eigenvalue weighted by Gasteiger charge is 2.20. The van der Waals surface area contributed by atoms with E-state index in [-0.39, 0.29) is 18.5 Å². The molecule has 0 spiro atoms. The number of piperidine rings is 1. The summed E-state index contributed by atoms with van der Waals surface area (Å²) >= 11 is 3.30. The van der Waals surface area contributed by atoms with E-state index < -0.39 is 0 Å². The summed E-state index contributed by atoms with van der Waals surface area (Å²) in [6.07, 6.45) is 2.18. The standard InChI is InChI=1S/C14H19BrFNO2/c15-14-11(2-1-3-13(14)16)10-17-6-4-12(5-7-17)19-9-8-18/h1-3,12,18H,4-10H2. The third-order valence-corrected chi connectivity index (χ3v) is 4.29. The van der Waals surface area contributed by atoms with Crippen molar-refractivity contribution in [3.05, 3.63) is 34.1 Å². The first-order valence-corrected chi connectivity index (χ1v) is 7.37. The van der Waals surface area contributed by atoms with Gasteiger partial charge in [0, 0.05) is 19.6 Å². The van der Waals surface area contributed by atoms with Crippen LogP contribution in [-0.2, 0) is 11.3 Å². The van der Waals surface area contributed by atoms with Crippen LogP contribution in [0.3, 0.4) is 0 Å². The minimum atomic E-state index is -0.210. The average Bonchev–Trinajstić information content (AvgIpc) is 2.43. The Bertz CT molecular complexity index is 408. The molecule has 1 N–H and O–H groups in total. The first-order valence-electron chi connectivity index (χ1n) is 6.58. The third kappa shape index (κ3) is 4.24. The Hall–Kier alpha value is -0.490. The molecule has 3 nitrogen and oxygen atoms in total. The second-order valence-electron chi connectivity index (χ2n) is 4.78. The number of halogens is 2. The number of rotatable bonds is 5. The van der Waals surface area contributed by atoms with Crippen molar-refractivity contribution in [2.45, 2.75) is 25.5 Å². The van der Waals surface area contributed by atoms with Gasteiger partial charge in [0.15, 0.2) is 0 Å². The van der Waals surface area contributed by atoms with Gasteiger partial charge in [-0.1, -0.05) is 12.1 Å². The predicted molar refractivity (Wildman–Crippen MR) is 75.4 cm³/mol. The quantitative estimate of drug-likeness (QED) is 0.900. The summed E-state index contributed by atoms with van der Waals surface area (Å²) in [5.74, 6) is -0.210. The van der Waals surface area contributed by atoms with Crippen molar-refractivity contribution in [3.8, 4) is 0 Å². The second kappa shape index (κ2) is 7.33. The van der Waals surface area contributed by atoms with Crippen LogP contribution in [0, 0.1) is 5.82 Å². The first kappa shape index (κ1) is 14.9. The van der Waals surface area contributed by atoms with E-state index in [2.05, 4.69) is 20.8 Å². The monoisotopic (exact) mass is 331 g/mol. The van der Waals surface area contributed by atoms with Gasteiger partial charge in [0.25, 0.3) is 0 Å². The van der Waals surface area contributed by atoms with E-state index in [0.717, 1.165) is 38.0 Å². The van der Waals surface area contributed by atoms with Crippen LogP contribution in [0.2, 0.25) is 0 Å². The Morgan fingerprint density at radius 2 is 2.11 bits per heavy atom. The van der Waals surface area contributed by atoms with Gasteiger partial charge in [0.05, 0.1) is 23.8 Å². The van der Waals surface area contributed by atoms with Gasteiger partial charge >= 0.3 is 0 Å². The molecule has 5 heteroatoms. The number of ether oxygens (including phenoxy) is 1. The van der Waals surface area contributed by atoms with Gasteiger partial charge in [0.1, 0.15) is 5.82 Å². The Balaban J connectivity index is 1.84. The Morgan fingerprint density at radius 3 is 2.79 bits per heavy atom. The maximum Gasteiger partial charge on any atom is 0.137 e. The summed E-state index contributed by atoms with van der Waals surface area (Å²) in [6, 6.07) is 5.15. The lowest BCUT2D eigenvalue weighted by atomic mass is 10.1. The fourth-order valence-corrected chi connectivity index (χ4v) is 2.75. The molecular formula is C14H19BrFNO2.